The van der Waals surface area contributed by atoms with E-state index in [1.54, 1.807) is 48.5 Å². The number of amides is 1. The monoisotopic (exact) mass is 457 g/mol. The Hall–Kier alpha value is -2.42. The van der Waals surface area contributed by atoms with Gasteiger partial charge in [0, 0.05) is 51.9 Å². The zero-order chi connectivity index (χ0) is 22.7. The Morgan fingerprint density at radius 1 is 1.03 bits per heavy atom. The van der Waals surface area contributed by atoms with Crippen LogP contribution in [0.1, 0.15) is 28.8 Å². The molecule has 1 amide bonds. The van der Waals surface area contributed by atoms with Gasteiger partial charge in [-0.2, -0.15) is 0 Å². The van der Waals surface area contributed by atoms with E-state index in [4.69, 9.17) is 4.74 Å². The van der Waals surface area contributed by atoms with Crippen molar-refractivity contribution in [1.29, 1.82) is 0 Å². The Labute approximate surface area is 190 Å². The van der Waals surface area contributed by atoms with Crippen molar-refractivity contribution in [3.63, 3.8) is 0 Å². The first-order valence-corrected chi connectivity index (χ1v) is 12.6. The van der Waals surface area contributed by atoms with Gasteiger partial charge in [-0.15, -0.1) is 0 Å². The summed E-state index contributed by atoms with van der Waals surface area (Å²) >= 11 is 0. The molecular weight excluding hydrogens is 426 g/mol. The number of nitrogens with zero attached hydrogens (tertiary/aromatic N) is 3. The van der Waals surface area contributed by atoms with Crippen LogP contribution in [0, 0.1) is 6.92 Å². The summed E-state index contributed by atoms with van der Waals surface area (Å²) in [5.41, 5.74) is 2.09. The number of aryl methyl sites for hydroxylation is 1. The number of ether oxygens (including phenoxy) is 1. The van der Waals surface area contributed by atoms with Gasteiger partial charge in [0.1, 0.15) is 0 Å². The standard InChI is InChI=1S/C24H31N3O4S/c1-19-5-11-23(12-6-19)32(29,30)25(2)21-9-7-20(8-10-21)24(28)27-15-13-26(14-16-27)18-22-4-3-17-31-22/h5-12,22H,3-4,13-18H2,1-2H3. The molecule has 0 bridgehead atoms. The van der Waals surface area contributed by atoms with Crippen LogP contribution in [0.2, 0.25) is 0 Å². The molecule has 2 aliphatic heterocycles. The van der Waals surface area contributed by atoms with Gasteiger partial charge in [0.25, 0.3) is 15.9 Å². The summed E-state index contributed by atoms with van der Waals surface area (Å²) in [5, 5.41) is 0. The van der Waals surface area contributed by atoms with E-state index in [-0.39, 0.29) is 10.8 Å². The number of carbonyl (C=O) groups excluding carboxylic acids is 1. The minimum Gasteiger partial charge on any atom is -0.377 e. The van der Waals surface area contributed by atoms with Gasteiger partial charge in [-0.25, -0.2) is 8.42 Å². The maximum absolute atomic E-state index is 12.9. The molecular formula is C24H31N3O4S. The minimum absolute atomic E-state index is 0.0163. The van der Waals surface area contributed by atoms with E-state index in [0.29, 0.717) is 30.4 Å². The van der Waals surface area contributed by atoms with Gasteiger partial charge >= 0.3 is 0 Å². The Kier molecular flexibility index (Phi) is 6.83. The molecule has 0 aromatic heterocycles. The Morgan fingerprint density at radius 3 is 2.28 bits per heavy atom. The van der Waals surface area contributed by atoms with E-state index >= 15 is 0 Å². The van der Waals surface area contributed by atoms with Crippen molar-refractivity contribution in [3.05, 3.63) is 59.7 Å². The average Bonchev–Trinajstić information content (AvgIpc) is 3.32. The lowest BCUT2D eigenvalue weighted by Gasteiger charge is -2.35. The molecule has 7 nitrogen and oxygen atoms in total. The van der Waals surface area contributed by atoms with Crippen LogP contribution >= 0.6 is 0 Å². The van der Waals surface area contributed by atoms with E-state index in [1.165, 1.54) is 11.4 Å². The molecule has 0 saturated carbocycles. The summed E-state index contributed by atoms with van der Waals surface area (Å²) in [4.78, 5) is 17.4. The summed E-state index contributed by atoms with van der Waals surface area (Å²) in [6.07, 6.45) is 2.60. The minimum atomic E-state index is -3.66. The first-order valence-electron chi connectivity index (χ1n) is 11.1. The largest absolute Gasteiger partial charge is 0.377 e. The smallest absolute Gasteiger partial charge is 0.264 e. The Bertz CT molecular complexity index is 1020. The molecule has 1 unspecified atom stereocenters. The van der Waals surface area contributed by atoms with Crippen molar-refractivity contribution < 1.29 is 17.9 Å². The number of sulfonamides is 1. The van der Waals surface area contributed by atoms with Crippen LogP contribution in [0.4, 0.5) is 5.69 Å². The quantitative estimate of drug-likeness (QED) is 0.667. The third-order valence-electron chi connectivity index (χ3n) is 6.30. The molecule has 32 heavy (non-hydrogen) atoms. The number of rotatable bonds is 6. The predicted octanol–water partition coefficient (Wildman–Crippen LogP) is 2.76. The molecule has 0 N–H and O–H groups in total. The molecule has 0 radical (unpaired) electrons. The molecule has 2 aliphatic rings. The van der Waals surface area contributed by atoms with Crippen molar-refractivity contribution in [2.75, 3.05) is 50.7 Å². The summed E-state index contributed by atoms with van der Waals surface area (Å²) in [6, 6.07) is 13.6. The van der Waals surface area contributed by atoms with E-state index in [0.717, 1.165) is 44.6 Å². The molecule has 2 fully saturated rings. The number of carbonyl (C=O) groups is 1. The fourth-order valence-electron chi connectivity index (χ4n) is 4.21. The fraction of sp³-hybridized carbons (Fsp3) is 0.458. The fourth-order valence-corrected chi connectivity index (χ4v) is 5.41. The van der Waals surface area contributed by atoms with Crippen molar-refractivity contribution in [2.45, 2.75) is 30.8 Å². The van der Waals surface area contributed by atoms with Crippen LogP contribution in [0.15, 0.2) is 53.4 Å². The molecule has 172 valence electrons. The lowest BCUT2D eigenvalue weighted by Crippen LogP contribution is -2.50. The summed E-state index contributed by atoms with van der Waals surface area (Å²) < 4.78 is 32.8. The number of benzene rings is 2. The van der Waals surface area contributed by atoms with Gasteiger partial charge in [-0.3, -0.25) is 14.0 Å². The summed E-state index contributed by atoms with van der Waals surface area (Å²) in [7, 11) is -2.13. The van der Waals surface area contributed by atoms with Gasteiger partial charge in [0.15, 0.2) is 0 Å². The number of anilines is 1. The Balaban J connectivity index is 1.36. The number of piperazine rings is 1. The van der Waals surface area contributed by atoms with E-state index in [2.05, 4.69) is 4.90 Å². The zero-order valence-corrected chi connectivity index (χ0v) is 19.6. The molecule has 8 heteroatoms. The van der Waals surface area contributed by atoms with E-state index in [1.807, 2.05) is 11.8 Å². The molecule has 0 spiro atoms. The first-order chi connectivity index (χ1) is 15.3. The highest BCUT2D eigenvalue weighted by Gasteiger charge is 2.26. The highest BCUT2D eigenvalue weighted by atomic mass is 32.2. The molecule has 2 aromatic rings. The second-order valence-corrected chi connectivity index (χ2v) is 10.5. The van der Waals surface area contributed by atoms with Crippen molar-refractivity contribution >= 4 is 21.6 Å². The van der Waals surface area contributed by atoms with Gasteiger partial charge in [-0.05, 0) is 56.2 Å². The second-order valence-electron chi connectivity index (χ2n) is 8.56. The van der Waals surface area contributed by atoms with Crippen LogP contribution in [-0.4, -0.2) is 76.6 Å². The maximum Gasteiger partial charge on any atom is 0.264 e. The third-order valence-corrected chi connectivity index (χ3v) is 8.10. The number of hydrogen-bond acceptors (Lipinski definition) is 5. The van der Waals surface area contributed by atoms with Crippen LogP contribution in [0.5, 0.6) is 0 Å². The summed E-state index contributed by atoms with van der Waals surface area (Å²) in [6.45, 7) is 6.80. The van der Waals surface area contributed by atoms with Crippen LogP contribution in [0.3, 0.4) is 0 Å². The van der Waals surface area contributed by atoms with Gasteiger partial charge in [0.2, 0.25) is 0 Å². The summed E-state index contributed by atoms with van der Waals surface area (Å²) in [5.74, 6) is -0.0163. The second kappa shape index (κ2) is 9.60. The van der Waals surface area contributed by atoms with Crippen LogP contribution in [0.25, 0.3) is 0 Å². The molecule has 2 heterocycles. The lowest BCUT2D eigenvalue weighted by molar-refractivity contribution is 0.0433. The molecule has 2 aromatic carbocycles. The zero-order valence-electron chi connectivity index (χ0n) is 18.7. The molecule has 2 saturated heterocycles. The van der Waals surface area contributed by atoms with Gasteiger partial charge in [0.05, 0.1) is 16.7 Å². The number of hydrogen-bond donors (Lipinski definition) is 0. The van der Waals surface area contributed by atoms with Gasteiger partial charge in [-0.1, -0.05) is 17.7 Å². The van der Waals surface area contributed by atoms with Crippen LogP contribution in [-0.2, 0) is 14.8 Å². The normalized spacial score (nSPS) is 19.8. The van der Waals surface area contributed by atoms with Gasteiger partial charge < -0.3 is 9.64 Å². The highest BCUT2D eigenvalue weighted by molar-refractivity contribution is 7.92. The maximum atomic E-state index is 12.9. The molecule has 0 aliphatic carbocycles. The highest BCUT2D eigenvalue weighted by Crippen LogP contribution is 2.23. The first kappa shape index (κ1) is 22.8. The Morgan fingerprint density at radius 2 is 1.69 bits per heavy atom. The van der Waals surface area contributed by atoms with Crippen molar-refractivity contribution in [3.8, 4) is 0 Å². The average molecular weight is 458 g/mol. The van der Waals surface area contributed by atoms with E-state index in [9.17, 15) is 13.2 Å². The molecule has 4 rings (SSSR count). The van der Waals surface area contributed by atoms with Crippen molar-refractivity contribution in [2.24, 2.45) is 0 Å². The van der Waals surface area contributed by atoms with Crippen LogP contribution < -0.4 is 4.31 Å². The van der Waals surface area contributed by atoms with Crippen molar-refractivity contribution in [1.82, 2.24) is 9.80 Å². The topological polar surface area (TPSA) is 70.2 Å². The molecule has 1 atom stereocenters. The lowest BCUT2D eigenvalue weighted by atomic mass is 10.1. The van der Waals surface area contributed by atoms with E-state index < -0.39 is 10.0 Å². The third kappa shape index (κ3) is 4.98. The SMILES string of the molecule is Cc1ccc(S(=O)(=O)N(C)c2ccc(C(=O)N3CCN(CC4CCCO4)CC3)cc2)cc1. The predicted molar refractivity (Wildman–Crippen MR) is 125 cm³/mol.